The summed E-state index contributed by atoms with van der Waals surface area (Å²) in [5.74, 6) is 0.0610. The molecule has 0 aliphatic carbocycles. The minimum absolute atomic E-state index is 0.0233. The van der Waals surface area contributed by atoms with Gasteiger partial charge in [0, 0.05) is 18.2 Å². The molecule has 0 unspecified atom stereocenters. The van der Waals surface area contributed by atoms with Gasteiger partial charge in [0.25, 0.3) is 0 Å². The van der Waals surface area contributed by atoms with Crippen molar-refractivity contribution in [1.29, 1.82) is 0 Å². The van der Waals surface area contributed by atoms with Crippen molar-refractivity contribution in [3.63, 3.8) is 0 Å². The average molecular weight is 189 g/mol. The lowest BCUT2D eigenvalue weighted by Gasteiger charge is -2.05. The average Bonchev–Trinajstić information content (AvgIpc) is 2.63. The molecule has 0 fully saturated rings. The number of hydrogen-bond acceptors (Lipinski definition) is 3. The van der Waals surface area contributed by atoms with Gasteiger partial charge in [0.1, 0.15) is 5.69 Å². The molecular formula is C10H11N3O. The van der Waals surface area contributed by atoms with E-state index in [4.69, 9.17) is 0 Å². The normalized spacial score (nSPS) is 11.1. The van der Waals surface area contributed by atoms with E-state index in [2.05, 4.69) is 10.1 Å². The van der Waals surface area contributed by atoms with Crippen LogP contribution in [0.2, 0.25) is 0 Å². The molecule has 0 aliphatic rings. The third kappa shape index (κ3) is 1.28. The van der Waals surface area contributed by atoms with Crippen LogP contribution in [0.5, 0.6) is 0 Å². The summed E-state index contributed by atoms with van der Waals surface area (Å²) in [6.07, 6.45) is 3.27. The molecule has 0 saturated heterocycles. The fraction of sp³-hybridized carbons (Fsp3) is 0.300. The van der Waals surface area contributed by atoms with Crippen LogP contribution >= 0.6 is 0 Å². The van der Waals surface area contributed by atoms with Crippen LogP contribution in [0.4, 0.5) is 0 Å². The van der Waals surface area contributed by atoms with Crippen molar-refractivity contribution in [3.05, 3.63) is 30.2 Å². The number of nitrogens with zero attached hydrogens (tertiary/aromatic N) is 3. The Labute approximate surface area is 81.6 Å². The molecule has 2 aromatic rings. The Balaban J connectivity index is 2.62. The van der Waals surface area contributed by atoms with Gasteiger partial charge in [-0.1, -0.05) is 13.8 Å². The Morgan fingerprint density at radius 2 is 2.14 bits per heavy atom. The summed E-state index contributed by atoms with van der Waals surface area (Å²) in [5.41, 5.74) is 1.30. The first kappa shape index (κ1) is 8.87. The van der Waals surface area contributed by atoms with Gasteiger partial charge < -0.3 is 0 Å². The topological polar surface area (TPSA) is 47.3 Å². The smallest absolute Gasteiger partial charge is 0.183 e. The molecule has 2 rings (SSSR count). The summed E-state index contributed by atoms with van der Waals surface area (Å²) < 4.78 is 1.57. The summed E-state index contributed by atoms with van der Waals surface area (Å²) in [6.45, 7) is 3.75. The quantitative estimate of drug-likeness (QED) is 0.673. The zero-order chi connectivity index (χ0) is 10.1. The van der Waals surface area contributed by atoms with Gasteiger partial charge in [-0.3, -0.25) is 4.79 Å². The van der Waals surface area contributed by atoms with E-state index >= 15 is 0 Å². The van der Waals surface area contributed by atoms with E-state index < -0.39 is 0 Å². The van der Waals surface area contributed by atoms with Gasteiger partial charge in [0.15, 0.2) is 11.4 Å². The SMILES string of the molecule is CC(C)C(=O)c1ccnc2ccnn12. The molecule has 0 atom stereocenters. The number of carbonyl (C=O) groups is 1. The van der Waals surface area contributed by atoms with E-state index in [0.717, 1.165) is 0 Å². The van der Waals surface area contributed by atoms with Gasteiger partial charge in [-0.15, -0.1) is 0 Å². The maximum Gasteiger partial charge on any atom is 0.183 e. The van der Waals surface area contributed by atoms with Crippen molar-refractivity contribution in [2.24, 2.45) is 5.92 Å². The van der Waals surface area contributed by atoms with Gasteiger partial charge in [0.2, 0.25) is 0 Å². The van der Waals surface area contributed by atoms with Crippen LogP contribution in [-0.4, -0.2) is 20.4 Å². The van der Waals surface area contributed by atoms with Gasteiger partial charge in [0.05, 0.1) is 6.20 Å². The Kier molecular flexibility index (Phi) is 2.04. The van der Waals surface area contributed by atoms with Crippen molar-refractivity contribution in [1.82, 2.24) is 14.6 Å². The minimum Gasteiger partial charge on any atom is -0.292 e. The highest BCUT2D eigenvalue weighted by Gasteiger charge is 2.14. The third-order valence-corrected chi connectivity index (χ3v) is 2.07. The summed E-state index contributed by atoms with van der Waals surface area (Å²) in [5, 5.41) is 4.06. The van der Waals surface area contributed by atoms with Gasteiger partial charge in [-0.25, -0.2) is 9.50 Å². The molecular weight excluding hydrogens is 178 g/mol. The predicted molar refractivity (Wildman–Crippen MR) is 52.2 cm³/mol. The van der Waals surface area contributed by atoms with Gasteiger partial charge >= 0.3 is 0 Å². The molecule has 2 aromatic heterocycles. The monoisotopic (exact) mass is 189 g/mol. The Hall–Kier alpha value is -1.71. The molecule has 0 spiro atoms. The third-order valence-electron chi connectivity index (χ3n) is 2.07. The highest BCUT2D eigenvalue weighted by Crippen LogP contribution is 2.08. The first-order valence-corrected chi connectivity index (χ1v) is 4.53. The highest BCUT2D eigenvalue weighted by atomic mass is 16.1. The number of hydrogen-bond donors (Lipinski definition) is 0. The van der Waals surface area contributed by atoms with E-state index in [1.165, 1.54) is 0 Å². The number of fused-ring (bicyclic) bond motifs is 1. The summed E-state index contributed by atoms with van der Waals surface area (Å²) in [6, 6.07) is 3.47. The first-order valence-electron chi connectivity index (χ1n) is 4.53. The number of aromatic nitrogens is 3. The van der Waals surface area contributed by atoms with Gasteiger partial charge in [-0.2, -0.15) is 5.10 Å². The lowest BCUT2D eigenvalue weighted by molar-refractivity contribution is 0.0931. The molecule has 0 aromatic carbocycles. The Morgan fingerprint density at radius 1 is 1.36 bits per heavy atom. The molecule has 0 aliphatic heterocycles. The second-order valence-corrected chi connectivity index (χ2v) is 3.45. The molecule has 0 radical (unpaired) electrons. The van der Waals surface area contributed by atoms with Crippen molar-refractivity contribution in [3.8, 4) is 0 Å². The summed E-state index contributed by atoms with van der Waals surface area (Å²) in [4.78, 5) is 15.9. The van der Waals surface area contributed by atoms with Crippen molar-refractivity contribution in [2.75, 3.05) is 0 Å². The molecule has 0 saturated carbocycles. The maximum absolute atomic E-state index is 11.8. The van der Waals surface area contributed by atoms with Crippen molar-refractivity contribution < 1.29 is 4.79 Å². The Bertz CT molecular complexity index is 473. The van der Waals surface area contributed by atoms with Crippen LogP contribution in [0.15, 0.2) is 24.5 Å². The molecule has 4 nitrogen and oxygen atoms in total. The molecule has 4 heteroatoms. The molecule has 0 N–H and O–H groups in total. The van der Waals surface area contributed by atoms with Crippen LogP contribution in [-0.2, 0) is 0 Å². The summed E-state index contributed by atoms with van der Waals surface area (Å²) in [7, 11) is 0. The van der Waals surface area contributed by atoms with Crippen LogP contribution < -0.4 is 0 Å². The van der Waals surface area contributed by atoms with Crippen LogP contribution in [0.1, 0.15) is 24.3 Å². The molecule has 2 heterocycles. The maximum atomic E-state index is 11.8. The van der Waals surface area contributed by atoms with Crippen LogP contribution in [0.3, 0.4) is 0 Å². The van der Waals surface area contributed by atoms with E-state index in [9.17, 15) is 4.79 Å². The second-order valence-electron chi connectivity index (χ2n) is 3.45. The lowest BCUT2D eigenvalue weighted by Crippen LogP contribution is -2.13. The minimum atomic E-state index is -0.0233. The number of rotatable bonds is 2. The van der Waals surface area contributed by atoms with Crippen LogP contribution in [0.25, 0.3) is 5.65 Å². The van der Waals surface area contributed by atoms with Crippen LogP contribution in [0, 0.1) is 5.92 Å². The second kappa shape index (κ2) is 3.21. The predicted octanol–water partition coefficient (Wildman–Crippen LogP) is 1.57. The molecule has 14 heavy (non-hydrogen) atoms. The van der Waals surface area contributed by atoms with E-state index in [1.54, 1.807) is 29.0 Å². The first-order chi connectivity index (χ1) is 6.70. The van der Waals surface area contributed by atoms with E-state index in [1.807, 2.05) is 13.8 Å². The molecule has 0 bridgehead atoms. The molecule has 0 amide bonds. The molecule has 72 valence electrons. The zero-order valence-corrected chi connectivity index (χ0v) is 8.14. The van der Waals surface area contributed by atoms with Crippen molar-refractivity contribution in [2.45, 2.75) is 13.8 Å². The lowest BCUT2D eigenvalue weighted by atomic mass is 10.1. The zero-order valence-electron chi connectivity index (χ0n) is 8.14. The highest BCUT2D eigenvalue weighted by molar-refractivity contribution is 5.96. The number of carbonyl (C=O) groups excluding carboxylic acids is 1. The summed E-state index contributed by atoms with van der Waals surface area (Å²) >= 11 is 0. The number of Topliss-reactive ketones (excluding diaryl/α,β-unsaturated/α-hetero) is 1. The fourth-order valence-corrected chi connectivity index (χ4v) is 1.32. The van der Waals surface area contributed by atoms with E-state index in [0.29, 0.717) is 11.3 Å². The van der Waals surface area contributed by atoms with Crippen molar-refractivity contribution >= 4 is 11.4 Å². The standard InChI is InChI=1S/C10H11N3O/c1-7(2)10(14)8-3-5-11-9-4-6-12-13(8)9/h3-7H,1-2H3. The van der Waals surface area contributed by atoms with Gasteiger partial charge in [-0.05, 0) is 6.07 Å². The Morgan fingerprint density at radius 3 is 2.86 bits per heavy atom. The fourth-order valence-electron chi connectivity index (χ4n) is 1.32. The number of ketones is 1. The largest absolute Gasteiger partial charge is 0.292 e. The van der Waals surface area contributed by atoms with E-state index in [-0.39, 0.29) is 11.7 Å².